The highest BCUT2D eigenvalue weighted by molar-refractivity contribution is 5.84. The van der Waals surface area contributed by atoms with Gasteiger partial charge >= 0.3 is 0 Å². The molecule has 1 unspecified atom stereocenters. The molecular weight excluding hydrogens is 384 g/mol. The Labute approximate surface area is 184 Å². The number of ether oxygens (including phenoxy) is 1. The predicted octanol–water partition coefficient (Wildman–Crippen LogP) is 5.41. The quantitative estimate of drug-likeness (QED) is 0.560. The number of likely N-dealkylation sites (tertiary alicyclic amines) is 1. The molecule has 1 atom stereocenters. The van der Waals surface area contributed by atoms with Gasteiger partial charge in [-0.3, -0.25) is 9.78 Å². The Morgan fingerprint density at radius 3 is 2.39 bits per heavy atom. The molecule has 2 aromatic carbocycles. The van der Waals surface area contributed by atoms with E-state index in [4.69, 9.17) is 4.74 Å². The van der Waals surface area contributed by atoms with Crippen molar-refractivity contribution >= 4 is 16.8 Å². The van der Waals surface area contributed by atoms with E-state index in [2.05, 4.69) is 65.3 Å². The molecule has 1 aromatic heterocycles. The van der Waals surface area contributed by atoms with Crippen LogP contribution in [0.25, 0.3) is 22.0 Å². The molecule has 1 saturated heterocycles. The van der Waals surface area contributed by atoms with E-state index >= 15 is 0 Å². The van der Waals surface area contributed by atoms with E-state index in [9.17, 15) is 4.79 Å². The third kappa shape index (κ3) is 3.85. The van der Waals surface area contributed by atoms with Gasteiger partial charge in [-0.2, -0.15) is 0 Å². The second-order valence-electron chi connectivity index (χ2n) is 9.17. The number of carbonyl (C=O) groups excluding carboxylic acids is 1. The molecule has 0 bridgehead atoms. The molecule has 31 heavy (non-hydrogen) atoms. The van der Waals surface area contributed by atoms with Gasteiger partial charge in [-0.1, -0.05) is 42.5 Å². The molecule has 2 heterocycles. The number of methoxy groups -OCH3 is 1. The molecule has 5 rings (SSSR count). The zero-order chi connectivity index (χ0) is 21.4. The highest BCUT2D eigenvalue weighted by atomic mass is 16.5. The van der Waals surface area contributed by atoms with E-state index in [1.165, 1.54) is 16.7 Å². The molecule has 160 valence electrons. The lowest BCUT2D eigenvalue weighted by Gasteiger charge is -2.42. The SMILES string of the molecule is COC(C)(c1ccc(-c2ccc3cccnc3c2)cc1)C1CCN(C(=O)C2CC2)CC1. The molecule has 0 spiro atoms. The Balaban J connectivity index is 1.33. The summed E-state index contributed by atoms with van der Waals surface area (Å²) >= 11 is 0. The van der Waals surface area contributed by atoms with E-state index in [-0.39, 0.29) is 5.60 Å². The van der Waals surface area contributed by atoms with Gasteiger partial charge < -0.3 is 9.64 Å². The van der Waals surface area contributed by atoms with Crippen molar-refractivity contribution < 1.29 is 9.53 Å². The smallest absolute Gasteiger partial charge is 0.225 e. The van der Waals surface area contributed by atoms with Crippen LogP contribution in [0, 0.1) is 11.8 Å². The van der Waals surface area contributed by atoms with Crippen molar-refractivity contribution in [2.45, 2.75) is 38.2 Å². The lowest BCUT2D eigenvalue weighted by atomic mass is 9.76. The minimum absolute atomic E-state index is 0.309. The number of benzene rings is 2. The van der Waals surface area contributed by atoms with Crippen molar-refractivity contribution in [2.24, 2.45) is 11.8 Å². The first-order valence-electron chi connectivity index (χ1n) is 11.4. The summed E-state index contributed by atoms with van der Waals surface area (Å²) in [6, 6.07) is 19.2. The topological polar surface area (TPSA) is 42.4 Å². The van der Waals surface area contributed by atoms with Crippen LogP contribution in [0.15, 0.2) is 60.8 Å². The van der Waals surface area contributed by atoms with Crippen molar-refractivity contribution in [3.05, 3.63) is 66.4 Å². The number of hydrogen-bond donors (Lipinski definition) is 0. The summed E-state index contributed by atoms with van der Waals surface area (Å²) in [6.45, 7) is 3.90. The van der Waals surface area contributed by atoms with Crippen LogP contribution in [0.2, 0.25) is 0 Å². The summed E-state index contributed by atoms with van der Waals surface area (Å²) in [5, 5.41) is 1.15. The maximum atomic E-state index is 12.4. The van der Waals surface area contributed by atoms with Gasteiger partial charge in [0.2, 0.25) is 5.91 Å². The van der Waals surface area contributed by atoms with Gasteiger partial charge in [-0.15, -0.1) is 0 Å². The number of hydrogen-bond acceptors (Lipinski definition) is 3. The second-order valence-corrected chi connectivity index (χ2v) is 9.17. The molecule has 0 radical (unpaired) electrons. The average molecular weight is 415 g/mol. The normalized spacial score (nSPS) is 19.4. The van der Waals surface area contributed by atoms with Crippen LogP contribution in [0.5, 0.6) is 0 Å². The molecule has 1 amide bonds. The first-order valence-corrected chi connectivity index (χ1v) is 11.4. The zero-order valence-electron chi connectivity index (χ0n) is 18.4. The van der Waals surface area contributed by atoms with Crippen molar-refractivity contribution in [1.29, 1.82) is 0 Å². The Hall–Kier alpha value is -2.72. The third-order valence-corrected chi connectivity index (χ3v) is 7.33. The number of rotatable bonds is 5. The third-order valence-electron chi connectivity index (χ3n) is 7.33. The monoisotopic (exact) mass is 414 g/mol. The molecule has 1 saturated carbocycles. The van der Waals surface area contributed by atoms with Gasteiger partial charge in [-0.25, -0.2) is 0 Å². The number of aromatic nitrogens is 1. The van der Waals surface area contributed by atoms with Gasteiger partial charge in [0.1, 0.15) is 0 Å². The van der Waals surface area contributed by atoms with Crippen LogP contribution >= 0.6 is 0 Å². The number of fused-ring (bicyclic) bond motifs is 1. The Kier molecular flexibility index (Phi) is 5.27. The molecule has 2 aliphatic rings. The Morgan fingerprint density at radius 1 is 1.00 bits per heavy atom. The van der Waals surface area contributed by atoms with E-state index in [0.717, 1.165) is 49.7 Å². The molecule has 3 aromatic rings. The van der Waals surface area contributed by atoms with Crippen LogP contribution in [0.3, 0.4) is 0 Å². The summed E-state index contributed by atoms with van der Waals surface area (Å²) in [7, 11) is 1.81. The predicted molar refractivity (Wildman–Crippen MR) is 124 cm³/mol. The molecule has 2 fully saturated rings. The zero-order valence-corrected chi connectivity index (χ0v) is 18.4. The van der Waals surface area contributed by atoms with Crippen molar-refractivity contribution in [3.63, 3.8) is 0 Å². The highest BCUT2D eigenvalue weighted by Gasteiger charge is 2.41. The standard InChI is InChI=1S/C27H30N2O2/c1-27(31-2,24-13-16-29(17-14-24)26(30)21-6-7-21)23-11-9-19(10-12-23)22-8-5-20-4-3-15-28-25(20)18-22/h3-5,8-12,15,18,21,24H,6-7,13-14,16-17H2,1-2H3. The number of carbonyl (C=O) groups is 1. The van der Waals surface area contributed by atoms with Crippen LogP contribution in [0.4, 0.5) is 0 Å². The maximum Gasteiger partial charge on any atom is 0.225 e. The first-order chi connectivity index (χ1) is 15.1. The minimum atomic E-state index is -0.349. The van der Waals surface area contributed by atoms with Gasteiger partial charge in [0, 0.05) is 37.7 Å². The highest BCUT2D eigenvalue weighted by Crippen LogP contribution is 2.41. The van der Waals surface area contributed by atoms with E-state index < -0.39 is 0 Å². The van der Waals surface area contributed by atoms with Crippen molar-refractivity contribution in [1.82, 2.24) is 9.88 Å². The number of piperidine rings is 1. The maximum absolute atomic E-state index is 12.4. The van der Waals surface area contributed by atoms with Crippen LogP contribution in [-0.2, 0) is 15.1 Å². The summed E-state index contributed by atoms with van der Waals surface area (Å²) in [6.07, 6.45) is 5.97. The molecular formula is C27H30N2O2. The van der Waals surface area contributed by atoms with Gasteiger partial charge in [0.25, 0.3) is 0 Å². The average Bonchev–Trinajstić information content (AvgIpc) is 3.68. The minimum Gasteiger partial charge on any atom is -0.374 e. The largest absolute Gasteiger partial charge is 0.374 e. The van der Waals surface area contributed by atoms with Crippen LogP contribution in [-0.4, -0.2) is 36.0 Å². The number of nitrogens with zero attached hydrogens (tertiary/aromatic N) is 2. The Morgan fingerprint density at radius 2 is 1.71 bits per heavy atom. The fraction of sp³-hybridized carbons (Fsp3) is 0.407. The summed E-state index contributed by atoms with van der Waals surface area (Å²) in [5.41, 5.74) is 4.21. The van der Waals surface area contributed by atoms with E-state index in [1.807, 2.05) is 19.4 Å². The lowest BCUT2D eigenvalue weighted by Crippen LogP contribution is -2.45. The summed E-state index contributed by atoms with van der Waals surface area (Å²) < 4.78 is 6.11. The molecule has 1 aliphatic heterocycles. The van der Waals surface area contributed by atoms with Gasteiger partial charge in [-0.05, 0) is 67.3 Å². The first kappa shape index (κ1) is 20.2. The lowest BCUT2D eigenvalue weighted by molar-refractivity contribution is -0.136. The molecule has 0 N–H and O–H groups in total. The number of pyridine rings is 1. The summed E-state index contributed by atoms with van der Waals surface area (Å²) in [5.74, 6) is 1.08. The van der Waals surface area contributed by atoms with E-state index in [0.29, 0.717) is 17.7 Å². The van der Waals surface area contributed by atoms with Crippen LogP contribution < -0.4 is 0 Å². The fourth-order valence-electron chi connectivity index (χ4n) is 5.00. The van der Waals surface area contributed by atoms with E-state index in [1.54, 1.807) is 0 Å². The van der Waals surface area contributed by atoms with Crippen LogP contribution in [0.1, 0.15) is 38.2 Å². The van der Waals surface area contributed by atoms with Gasteiger partial charge in [0.15, 0.2) is 0 Å². The molecule has 4 nitrogen and oxygen atoms in total. The fourth-order valence-corrected chi connectivity index (χ4v) is 5.00. The molecule has 4 heteroatoms. The van der Waals surface area contributed by atoms with Crippen molar-refractivity contribution in [2.75, 3.05) is 20.2 Å². The number of amides is 1. The second kappa shape index (κ2) is 8.08. The van der Waals surface area contributed by atoms with Gasteiger partial charge in [0.05, 0.1) is 11.1 Å². The molecule has 1 aliphatic carbocycles. The Bertz CT molecular complexity index is 1080. The van der Waals surface area contributed by atoms with Crippen molar-refractivity contribution in [3.8, 4) is 11.1 Å². The summed E-state index contributed by atoms with van der Waals surface area (Å²) in [4.78, 5) is 19.0.